The highest BCUT2D eigenvalue weighted by Crippen LogP contribution is 2.24. The van der Waals surface area contributed by atoms with E-state index in [2.05, 4.69) is 15.4 Å². The van der Waals surface area contributed by atoms with Crippen molar-refractivity contribution >= 4 is 17.7 Å². The van der Waals surface area contributed by atoms with E-state index in [4.69, 9.17) is 10.3 Å². The molecule has 0 spiro atoms. The highest BCUT2D eigenvalue weighted by atomic mass is 32.2. The van der Waals surface area contributed by atoms with Crippen molar-refractivity contribution in [3.05, 3.63) is 40.1 Å². The minimum absolute atomic E-state index is 0.241. The van der Waals surface area contributed by atoms with Crippen LogP contribution in [-0.4, -0.2) is 15.9 Å². The molecule has 0 unspecified atom stereocenters. The fourth-order valence-corrected chi connectivity index (χ4v) is 2.67. The Labute approximate surface area is 127 Å². The number of aromatic nitrogens is 2. The molecule has 2 aromatic rings. The van der Waals surface area contributed by atoms with E-state index >= 15 is 0 Å². The molecule has 0 aliphatic heterocycles. The van der Waals surface area contributed by atoms with Gasteiger partial charge in [-0.2, -0.15) is 0 Å². The molecule has 0 saturated carbocycles. The van der Waals surface area contributed by atoms with Crippen LogP contribution in [0.5, 0.6) is 0 Å². The number of nitrogens with one attached hydrogen (secondary N) is 1. The molecule has 21 heavy (non-hydrogen) atoms. The lowest BCUT2D eigenvalue weighted by Gasteiger charge is -2.05. The predicted molar refractivity (Wildman–Crippen MR) is 80.9 cm³/mol. The maximum atomic E-state index is 11.5. The quantitative estimate of drug-likeness (QED) is 0.296. The van der Waals surface area contributed by atoms with E-state index < -0.39 is 5.91 Å². The summed E-state index contributed by atoms with van der Waals surface area (Å²) in [4.78, 5) is 20.4. The van der Waals surface area contributed by atoms with Crippen LogP contribution in [0.15, 0.2) is 15.6 Å². The predicted octanol–water partition coefficient (Wildman–Crippen LogP) is 2.20. The molecule has 7 heteroatoms. The van der Waals surface area contributed by atoms with Crippen LogP contribution >= 0.6 is 11.8 Å². The molecule has 0 saturated heterocycles. The van der Waals surface area contributed by atoms with Crippen LogP contribution < -0.4 is 11.3 Å². The first-order valence-corrected chi connectivity index (χ1v) is 7.45. The molecule has 2 aromatic heterocycles. The summed E-state index contributed by atoms with van der Waals surface area (Å²) in [6, 6.07) is 1.82. The van der Waals surface area contributed by atoms with Gasteiger partial charge in [0.25, 0.3) is 0 Å². The lowest BCUT2D eigenvalue weighted by Crippen LogP contribution is -2.30. The van der Waals surface area contributed by atoms with Gasteiger partial charge in [0.1, 0.15) is 5.76 Å². The lowest BCUT2D eigenvalue weighted by atomic mass is 10.2. The van der Waals surface area contributed by atoms with Gasteiger partial charge in [-0.15, -0.1) is 0 Å². The summed E-state index contributed by atoms with van der Waals surface area (Å²) in [5.74, 6) is 6.17. The van der Waals surface area contributed by atoms with Crippen molar-refractivity contribution in [1.29, 1.82) is 0 Å². The second kappa shape index (κ2) is 6.28. The van der Waals surface area contributed by atoms with Gasteiger partial charge in [-0.3, -0.25) is 10.2 Å². The number of hydrazine groups is 1. The molecular weight excluding hydrogens is 288 g/mol. The molecule has 0 fully saturated rings. The second-order valence-electron chi connectivity index (χ2n) is 4.79. The highest BCUT2D eigenvalue weighted by molar-refractivity contribution is 7.98. The summed E-state index contributed by atoms with van der Waals surface area (Å²) in [5.41, 5.74) is 5.88. The van der Waals surface area contributed by atoms with Gasteiger partial charge >= 0.3 is 5.91 Å². The SMILES string of the molecule is Cc1cc(CSc2nc(C)c(C)c(C)n2)oc1C(=O)NN. The number of carbonyl (C=O) groups is 1. The number of rotatable bonds is 4. The third kappa shape index (κ3) is 3.43. The molecule has 0 aliphatic carbocycles. The number of hydrogen-bond acceptors (Lipinski definition) is 6. The number of nitrogen functional groups attached to an aromatic ring is 1. The Bertz CT molecular complexity index is 659. The zero-order valence-corrected chi connectivity index (χ0v) is 13.3. The van der Waals surface area contributed by atoms with Crippen LogP contribution in [0.4, 0.5) is 0 Å². The fourth-order valence-electron chi connectivity index (χ4n) is 1.85. The van der Waals surface area contributed by atoms with Crippen molar-refractivity contribution < 1.29 is 9.21 Å². The van der Waals surface area contributed by atoms with Crippen LogP contribution in [0, 0.1) is 27.7 Å². The van der Waals surface area contributed by atoms with E-state index in [-0.39, 0.29) is 5.76 Å². The Hall–Kier alpha value is -1.86. The Morgan fingerprint density at radius 3 is 2.48 bits per heavy atom. The van der Waals surface area contributed by atoms with Gasteiger partial charge in [0, 0.05) is 17.0 Å². The van der Waals surface area contributed by atoms with Gasteiger partial charge in [0.2, 0.25) is 0 Å². The summed E-state index contributed by atoms with van der Waals surface area (Å²) in [7, 11) is 0. The molecule has 0 bridgehead atoms. The summed E-state index contributed by atoms with van der Waals surface area (Å²) in [6.07, 6.45) is 0. The normalized spacial score (nSPS) is 10.7. The van der Waals surface area contributed by atoms with Crippen molar-refractivity contribution in [2.24, 2.45) is 5.84 Å². The number of thioether (sulfide) groups is 1. The second-order valence-corrected chi connectivity index (χ2v) is 5.73. The summed E-state index contributed by atoms with van der Waals surface area (Å²) in [5, 5.41) is 0.703. The largest absolute Gasteiger partial charge is 0.455 e. The average Bonchev–Trinajstić information content (AvgIpc) is 2.82. The monoisotopic (exact) mass is 306 g/mol. The van der Waals surface area contributed by atoms with Gasteiger partial charge < -0.3 is 4.42 Å². The van der Waals surface area contributed by atoms with Gasteiger partial charge in [0.15, 0.2) is 10.9 Å². The zero-order chi connectivity index (χ0) is 15.6. The van der Waals surface area contributed by atoms with Crippen LogP contribution in [0.25, 0.3) is 0 Å². The van der Waals surface area contributed by atoms with Crippen molar-refractivity contribution in [3.8, 4) is 0 Å². The van der Waals surface area contributed by atoms with E-state index in [1.54, 1.807) is 6.92 Å². The maximum absolute atomic E-state index is 11.5. The van der Waals surface area contributed by atoms with Crippen LogP contribution in [0.3, 0.4) is 0 Å². The van der Waals surface area contributed by atoms with E-state index in [0.29, 0.717) is 16.7 Å². The Kier molecular flexibility index (Phi) is 4.64. The number of nitrogens with zero attached hydrogens (tertiary/aromatic N) is 2. The smallest absolute Gasteiger partial charge is 0.301 e. The first-order chi connectivity index (χ1) is 9.92. The summed E-state index contributed by atoms with van der Waals surface area (Å²) < 4.78 is 5.50. The molecule has 0 aliphatic rings. The van der Waals surface area contributed by atoms with Gasteiger partial charge in [0.05, 0.1) is 5.75 Å². The molecule has 0 atom stereocenters. The van der Waals surface area contributed by atoms with Gasteiger partial charge in [-0.1, -0.05) is 11.8 Å². The molecule has 0 aromatic carbocycles. The minimum Gasteiger partial charge on any atom is -0.455 e. The van der Waals surface area contributed by atoms with Crippen LogP contribution in [-0.2, 0) is 5.75 Å². The number of carbonyl (C=O) groups excluding carboxylic acids is 1. The van der Waals surface area contributed by atoms with E-state index in [1.807, 2.05) is 26.8 Å². The molecule has 2 rings (SSSR count). The number of hydrogen-bond donors (Lipinski definition) is 2. The molecule has 6 nitrogen and oxygen atoms in total. The molecule has 0 radical (unpaired) electrons. The lowest BCUT2D eigenvalue weighted by molar-refractivity contribution is 0.0923. The first-order valence-electron chi connectivity index (χ1n) is 6.47. The minimum atomic E-state index is -0.429. The Morgan fingerprint density at radius 2 is 1.90 bits per heavy atom. The summed E-state index contributed by atoms with van der Waals surface area (Å²) in [6.45, 7) is 7.75. The molecule has 2 heterocycles. The van der Waals surface area contributed by atoms with Crippen molar-refractivity contribution in [1.82, 2.24) is 15.4 Å². The van der Waals surface area contributed by atoms with Gasteiger partial charge in [-0.25, -0.2) is 15.8 Å². The van der Waals surface area contributed by atoms with E-state index in [0.717, 1.165) is 22.5 Å². The van der Waals surface area contributed by atoms with E-state index in [1.165, 1.54) is 11.8 Å². The molecular formula is C14H18N4O2S. The molecule has 112 valence electrons. The number of aryl methyl sites for hydroxylation is 3. The third-order valence-corrected chi connectivity index (χ3v) is 4.13. The Balaban J connectivity index is 2.12. The van der Waals surface area contributed by atoms with Crippen molar-refractivity contribution in [2.45, 2.75) is 38.6 Å². The number of furan rings is 1. The number of amides is 1. The summed E-state index contributed by atoms with van der Waals surface area (Å²) >= 11 is 1.47. The third-order valence-electron chi connectivity index (χ3n) is 3.26. The first kappa shape index (κ1) is 15.5. The van der Waals surface area contributed by atoms with Crippen molar-refractivity contribution in [3.63, 3.8) is 0 Å². The fraction of sp³-hybridized carbons (Fsp3) is 0.357. The van der Waals surface area contributed by atoms with Gasteiger partial charge in [-0.05, 0) is 39.3 Å². The average molecular weight is 306 g/mol. The highest BCUT2D eigenvalue weighted by Gasteiger charge is 2.15. The molecule has 1 amide bonds. The topological polar surface area (TPSA) is 94.0 Å². The van der Waals surface area contributed by atoms with Crippen molar-refractivity contribution in [2.75, 3.05) is 0 Å². The maximum Gasteiger partial charge on any atom is 0.301 e. The van der Waals surface area contributed by atoms with Crippen LogP contribution in [0.1, 0.15) is 38.8 Å². The zero-order valence-electron chi connectivity index (χ0n) is 12.5. The van der Waals surface area contributed by atoms with Crippen LogP contribution in [0.2, 0.25) is 0 Å². The molecule has 3 N–H and O–H groups in total. The number of nitrogens with two attached hydrogens (primary N) is 1. The standard InChI is InChI=1S/C14H18N4O2S/c1-7-5-11(20-12(7)13(19)18-15)6-21-14-16-9(3)8(2)10(4)17-14/h5H,6,15H2,1-4H3,(H,18,19). The van der Waals surface area contributed by atoms with E-state index in [9.17, 15) is 4.79 Å². The Morgan fingerprint density at radius 1 is 1.29 bits per heavy atom.